The van der Waals surface area contributed by atoms with Gasteiger partial charge < -0.3 is 9.84 Å². The van der Waals surface area contributed by atoms with Crippen LogP contribution in [0.2, 0.25) is 0 Å². The molecule has 5 heteroatoms. The number of aromatic nitrogens is 1. The number of amides is 1. The van der Waals surface area contributed by atoms with E-state index in [1.54, 1.807) is 11.3 Å². The third-order valence-electron chi connectivity index (χ3n) is 5.67. The van der Waals surface area contributed by atoms with Crippen LogP contribution in [0.3, 0.4) is 0 Å². The number of hydrogen-bond acceptors (Lipinski definition) is 4. The summed E-state index contributed by atoms with van der Waals surface area (Å²) in [5.41, 5.74) is 0.618. The zero-order chi connectivity index (χ0) is 17.7. The monoisotopic (exact) mass is 358 g/mol. The van der Waals surface area contributed by atoms with Gasteiger partial charge in [-0.3, -0.25) is 4.79 Å². The van der Waals surface area contributed by atoms with Crippen molar-refractivity contribution in [2.24, 2.45) is 11.3 Å². The van der Waals surface area contributed by atoms with Crippen LogP contribution in [0.15, 0.2) is 28.1 Å². The second-order valence-corrected chi connectivity index (χ2v) is 9.67. The first kappa shape index (κ1) is 16.8. The Morgan fingerprint density at radius 2 is 2.16 bits per heavy atom. The number of nitrogens with zero attached hydrogens (tertiary/aromatic N) is 1. The molecule has 0 radical (unpaired) electrons. The smallest absolute Gasteiger partial charge is 0.232 e. The van der Waals surface area contributed by atoms with Gasteiger partial charge in [0.25, 0.3) is 0 Å². The van der Waals surface area contributed by atoms with Crippen molar-refractivity contribution in [2.45, 2.75) is 64.3 Å². The molecule has 0 aromatic carbocycles. The standard InChI is InChI=1S/C20H26N2O2S/c1-13-9-14(12-19(2,3)11-13)21-18(23)20(6-7-20)17-10-15(24-22-17)16-5-4-8-25-16/h4-5,8,10,13-14H,6-7,9,11-12H2,1-3H3,(H,21,23). The molecule has 2 aromatic rings. The highest BCUT2D eigenvalue weighted by atomic mass is 32.1. The minimum absolute atomic E-state index is 0.133. The number of carbonyl (C=O) groups is 1. The van der Waals surface area contributed by atoms with Crippen LogP contribution in [0.5, 0.6) is 0 Å². The van der Waals surface area contributed by atoms with Crippen LogP contribution < -0.4 is 5.32 Å². The number of hydrogen-bond donors (Lipinski definition) is 1. The average Bonchev–Trinajstić information content (AvgIpc) is 2.96. The van der Waals surface area contributed by atoms with E-state index in [-0.39, 0.29) is 11.9 Å². The topological polar surface area (TPSA) is 55.1 Å². The minimum Gasteiger partial charge on any atom is -0.355 e. The highest BCUT2D eigenvalue weighted by Gasteiger charge is 2.54. The molecule has 1 amide bonds. The highest BCUT2D eigenvalue weighted by Crippen LogP contribution is 2.49. The Kier molecular flexibility index (Phi) is 4.02. The van der Waals surface area contributed by atoms with Crippen molar-refractivity contribution < 1.29 is 9.32 Å². The van der Waals surface area contributed by atoms with Crippen LogP contribution in [-0.4, -0.2) is 17.1 Å². The summed E-state index contributed by atoms with van der Waals surface area (Å²) < 4.78 is 5.51. The maximum Gasteiger partial charge on any atom is 0.232 e. The Balaban J connectivity index is 1.48. The minimum atomic E-state index is -0.468. The molecule has 2 atom stereocenters. The van der Waals surface area contributed by atoms with Crippen molar-refractivity contribution in [3.63, 3.8) is 0 Å². The largest absolute Gasteiger partial charge is 0.355 e. The normalized spacial score (nSPS) is 27.0. The summed E-state index contributed by atoms with van der Waals surface area (Å²) in [4.78, 5) is 14.1. The fraction of sp³-hybridized carbons (Fsp3) is 0.600. The van der Waals surface area contributed by atoms with Gasteiger partial charge in [-0.05, 0) is 54.9 Å². The molecule has 2 fully saturated rings. The van der Waals surface area contributed by atoms with Crippen LogP contribution >= 0.6 is 11.3 Å². The SMILES string of the molecule is CC1CC(NC(=O)C2(c3cc(-c4cccs4)on3)CC2)CC(C)(C)C1. The van der Waals surface area contributed by atoms with Crippen molar-refractivity contribution in [3.8, 4) is 10.6 Å². The fourth-order valence-electron chi connectivity index (χ4n) is 4.54. The Labute approximate surface area is 153 Å². The molecule has 2 aliphatic rings. The van der Waals surface area contributed by atoms with Crippen molar-refractivity contribution >= 4 is 17.2 Å². The van der Waals surface area contributed by atoms with Gasteiger partial charge in [-0.15, -0.1) is 11.3 Å². The summed E-state index contributed by atoms with van der Waals surface area (Å²) >= 11 is 1.62. The molecule has 25 heavy (non-hydrogen) atoms. The quantitative estimate of drug-likeness (QED) is 0.857. The van der Waals surface area contributed by atoms with Gasteiger partial charge >= 0.3 is 0 Å². The summed E-state index contributed by atoms with van der Waals surface area (Å²) in [5.74, 6) is 1.55. The Hall–Kier alpha value is -1.62. The van der Waals surface area contributed by atoms with E-state index in [9.17, 15) is 4.79 Å². The Morgan fingerprint density at radius 1 is 1.36 bits per heavy atom. The van der Waals surface area contributed by atoms with Crippen LogP contribution in [0, 0.1) is 11.3 Å². The van der Waals surface area contributed by atoms with Crippen LogP contribution in [0.25, 0.3) is 10.6 Å². The molecule has 4 nitrogen and oxygen atoms in total. The molecule has 2 aliphatic carbocycles. The van der Waals surface area contributed by atoms with Gasteiger partial charge in [-0.25, -0.2) is 0 Å². The van der Waals surface area contributed by atoms with Gasteiger partial charge in [0.05, 0.1) is 16.0 Å². The summed E-state index contributed by atoms with van der Waals surface area (Å²) in [5, 5.41) is 9.58. The summed E-state index contributed by atoms with van der Waals surface area (Å²) in [6.45, 7) is 6.90. The predicted molar refractivity (Wildman–Crippen MR) is 99.5 cm³/mol. The number of nitrogens with one attached hydrogen (secondary N) is 1. The van der Waals surface area contributed by atoms with Crippen LogP contribution in [0.1, 0.15) is 58.6 Å². The van der Waals surface area contributed by atoms with Gasteiger partial charge in [0.1, 0.15) is 0 Å². The van der Waals surface area contributed by atoms with Crippen LogP contribution in [0.4, 0.5) is 0 Å². The molecule has 2 aromatic heterocycles. The molecule has 1 N–H and O–H groups in total. The molecule has 0 spiro atoms. The predicted octanol–water partition coefficient (Wildman–Crippen LogP) is 4.77. The summed E-state index contributed by atoms with van der Waals surface area (Å²) in [6.07, 6.45) is 5.09. The van der Waals surface area contributed by atoms with E-state index in [0.717, 1.165) is 42.0 Å². The molecular weight excluding hydrogens is 332 g/mol. The number of thiophene rings is 1. The van der Waals surface area contributed by atoms with E-state index in [1.165, 1.54) is 6.42 Å². The van der Waals surface area contributed by atoms with Crippen molar-refractivity contribution in [1.82, 2.24) is 10.5 Å². The number of carbonyl (C=O) groups excluding carboxylic acids is 1. The Bertz CT molecular complexity index is 759. The number of rotatable bonds is 4. The molecule has 0 aliphatic heterocycles. The molecule has 2 saturated carbocycles. The van der Waals surface area contributed by atoms with Crippen molar-refractivity contribution in [3.05, 3.63) is 29.3 Å². The first-order valence-electron chi connectivity index (χ1n) is 9.20. The lowest BCUT2D eigenvalue weighted by Crippen LogP contribution is -2.46. The van der Waals surface area contributed by atoms with E-state index in [1.807, 2.05) is 23.6 Å². The molecule has 2 unspecified atom stereocenters. The zero-order valence-electron chi connectivity index (χ0n) is 15.2. The van der Waals surface area contributed by atoms with Crippen molar-refractivity contribution in [1.29, 1.82) is 0 Å². The van der Waals surface area contributed by atoms with Gasteiger partial charge in [0.15, 0.2) is 5.76 Å². The van der Waals surface area contributed by atoms with Crippen molar-refractivity contribution in [2.75, 3.05) is 0 Å². The summed E-state index contributed by atoms with van der Waals surface area (Å²) in [7, 11) is 0. The molecule has 2 heterocycles. The van der Waals surface area contributed by atoms with Crippen LogP contribution in [-0.2, 0) is 10.2 Å². The van der Waals surface area contributed by atoms with E-state index in [2.05, 4.69) is 31.2 Å². The highest BCUT2D eigenvalue weighted by molar-refractivity contribution is 7.13. The average molecular weight is 359 g/mol. The molecule has 0 bridgehead atoms. The molecule has 4 rings (SSSR count). The first-order chi connectivity index (χ1) is 11.9. The lowest BCUT2D eigenvalue weighted by Gasteiger charge is -2.39. The lowest BCUT2D eigenvalue weighted by atomic mass is 9.70. The second-order valence-electron chi connectivity index (χ2n) is 8.72. The summed E-state index contributed by atoms with van der Waals surface area (Å²) in [6, 6.07) is 6.23. The van der Waals surface area contributed by atoms with E-state index < -0.39 is 5.41 Å². The first-order valence-corrected chi connectivity index (χ1v) is 10.1. The van der Waals surface area contributed by atoms with E-state index in [4.69, 9.17) is 4.52 Å². The molecule has 134 valence electrons. The fourth-order valence-corrected chi connectivity index (χ4v) is 5.21. The maximum absolute atomic E-state index is 13.0. The second kappa shape index (κ2) is 5.97. The zero-order valence-corrected chi connectivity index (χ0v) is 16.0. The van der Waals surface area contributed by atoms with Gasteiger partial charge in [-0.1, -0.05) is 32.0 Å². The van der Waals surface area contributed by atoms with E-state index >= 15 is 0 Å². The van der Waals surface area contributed by atoms with Gasteiger partial charge in [0.2, 0.25) is 5.91 Å². The Morgan fingerprint density at radius 3 is 2.80 bits per heavy atom. The third-order valence-corrected chi connectivity index (χ3v) is 6.56. The maximum atomic E-state index is 13.0. The van der Waals surface area contributed by atoms with Gasteiger partial charge in [-0.2, -0.15) is 0 Å². The molecule has 0 saturated heterocycles. The molecular formula is C20H26N2O2S. The van der Waals surface area contributed by atoms with Gasteiger partial charge in [0, 0.05) is 12.1 Å². The third kappa shape index (κ3) is 3.26. The van der Waals surface area contributed by atoms with E-state index in [0.29, 0.717) is 11.3 Å². The lowest BCUT2D eigenvalue weighted by molar-refractivity contribution is -0.125.